The summed E-state index contributed by atoms with van der Waals surface area (Å²) in [5, 5.41) is 3.00. The van der Waals surface area contributed by atoms with E-state index >= 15 is 0 Å². The summed E-state index contributed by atoms with van der Waals surface area (Å²) in [7, 11) is 2.12. The Kier molecular flexibility index (Phi) is 8.76. The Labute approximate surface area is 237 Å². The second-order valence-corrected chi connectivity index (χ2v) is 12.2. The first kappa shape index (κ1) is 29.4. The molecule has 4 rings (SSSR count). The van der Waals surface area contributed by atoms with Crippen LogP contribution in [0.4, 0.5) is 10.5 Å². The van der Waals surface area contributed by atoms with Crippen molar-refractivity contribution in [3.8, 4) is 0 Å². The van der Waals surface area contributed by atoms with Gasteiger partial charge in [0, 0.05) is 55.2 Å². The molecule has 1 saturated carbocycles. The van der Waals surface area contributed by atoms with Gasteiger partial charge in [0.15, 0.2) is 0 Å². The third-order valence-electron chi connectivity index (χ3n) is 8.03. The predicted octanol–water partition coefficient (Wildman–Crippen LogP) is 5.63. The number of H-pyrrole nitrogens is 1. The SMILES string of the molecule is Cc1cc(C)c(CNC(=O)c2cc(C3=CCN(C(=O)OC(C)(C)C)CC3)cc(N(C)C3CCCC3)c2C)c(=O)[nH]1. The van der Waals surface area contributed by atoms with Crippen LogP contribution in [0.2, 0.25) is 0 Å². The molecular weight excluding hydrogens is 504 g/mol. The van der Waals surface area contributed by atoms with Gasteiger partial charge < -0.3 is 24.8 Å². The number of ether oxygens (including phenoxy) is 1. The lowest BCUT2D eigenvalue weighted by molar-refractivity contribution is 0.0270. The number of carbonyl (C=O) groups is 2. The minimum atomic E-state index is -0.540. The van der Waals surface area contributed by atoms with Gasteiger partial charge in [-0.3, -0.25) is 9.59 Å². The van der Waals surface area contributed by atoms with Crippen LogP contribution in [0.25, 0.3) is 5.57 Å². The lowest BCUT2D eigenvalue weighted by atomic mass is 9.93. The van der Waals surface area contributed by atoms with Gasteiger partial charge in [-0.15, -0.1) is 0 Å². The Balaban J connectivity index is 1.63. The molecule has 2 aromatic rings. The molecular formula is C32H44N4O4. The van der Waals surface area contributed by atoms with E-state index in [0.29, 0.717) is 36.7 Å². The zero-order valence-corrected chi connectivity index (χ0v) is 25.1. The zero-order chi connectivity index (χ0) is 29.2. The summed E-state index contributed by atoms with van der Waals surface area (Å²) < 4.78 is 5.55. The van der Waals surface area contributed by atoms with Crippen LogP contribution in [0.1, 0.15) is 91.2 Å². The molecule has 2 aliphatic rings. The average molecular weight is 549 g/mol. The van der Waals surface area contributed by atoms with Gasteiger partial charge in [-0.2, -0.15) is 0 Å². The number of benzene rings is 1. The topological polar surface area (TPSA) is 94.7 Å². The second-order valence-electron chi connectivity index (χ2n) is 12.2. The molecule has 1 aromatic carbocycles. The lowest BCUT2D eigenvalue weighted by Crippen LogP contribution is -2.39. The molecule has 1 aliphatic heterocycles. The summed E-state index contributed by atoms with van der Waals surface area (Å²) in [6.45, 7) is 12.5. The first-order valence-corrected chi connectivity index (χ1v) is 14.4. The van der Waals surface area contributed by atoms with Gasteiger partial charge in [0.2, 0.25) is 0 Å². The standard InChI is InChI=1S/C32H44N4O4/c1-20-16-21(2)34-30(38)27(20)19-33-29(37)26-17-24(18-28(22(26)3)35(7)25-10-8-9-11-25)23-12-14-36(15-13-23)31(39)40-32(4,5)6/h12,16-18,25H,8-11,13-15,19H2,1-7H3,(H,33,37)(H,34,38). The summed E-state index contributed by atoms with van der Waals surface area (Å²) in [6, 6.07) is 6.51. The van der Waals surface area contributed by atoms with Gasteiger partial charge in [0.1, 0.15) is 5.60 Å². The van der Waals surface area contributed by atoms with E-state index in [-0.39, 0.29) is 24.1 Å². The van der Waals surface area contributed by atoms with E-state index in [1.54, 1.807) is 4.90 Å². The number of hydrogen-bond acceptors (Lipinski definition) is 5. The van der Waals surface area contributed by atoms with Crippen LogP contribution in [0, 0.1) is 20.8 Å². The van der Waals surface area contributed by atoms with Crippen molar-refractivity contribution < 1.29 is 14.3 Å². The van der Waals surface area contributed by atoms with Crippen LogP contribution >= 0.6 is 0 Å². The highest BCUT2D eigenvalue weighted by atomic mass is 16.6. The monoisotopic (exact) mass is 548 g/mol. The van der Waals surface area contributed by atoms with Gasteiger partial charge in [-0.1, -0.05) is 18.9 Å². The number of anilines is 1. The number of carbonyl (C=O) groups excluding carboxylic acids is 2. The quantitative estimate of drug-likeness (QED) is 0.488. The van der Waals surface area contributed by atoms with E-state index < -0.39 is 5.60 Å². The second kappa shape index (κ2) is 11.9. The Bertz CT molecular complexity index is 1360. The zero-order valence-electron chi connectivity index (χ0n) is 25.1. The third kappa shape index (κ3) is 6.77. The highest BCUT2D eigenvalue weighted by molar-refractivity contribution is 5.98. The molecule has 0 unspecified atom stereocenters. The van der Waals surface area contributed by atoms with Crippen LogP contribution in [-0.2, 0) is 11.3 Å². The molecule has 40 heavy (non-hydrogen) atoms. The Morgan fingerprint density at radius 1 is 1.12 bits per heavy atom. The van der Waals surface area contributed by atoms with E-state index in [9.17, 15) is 14.4 Å². The summed E-state index contributed by atoms with van der Waals surface area (Å²) >= 11 is 0. The highest BCUT2D eigenvalue weighted by Gasteiger charge is 2.27. The first-order chi connectivity index (χ1) is 18.8. The van der Waals surface area contributed by atoms with Crippen molar-refractivity contribution in [2.24, 2.45) is 0 Å². The van der Waals surface area contributed by atoms with Crippen LogP contribution < -0.4 is 15.8 Å². The predicted molar refractivity (Wildman–Crippen MR) is 160 cm³/mol. The molecule has 0 saturated heterocycles. The average Bonchev–Trinajstić information content (AvgIpc) is 3.42. The van der Waals surface area contributed by atoms with Crippen molar-refractivity contribution in [1.82, 2.24) is 15.2 Å². The molecule has 2 amide bonds. The van der Waals surface area contributed by atoms with Gasteiger partial charge in [-0.05, 0) is 101 Å². The van der Waals surface area contributed by atoms with Crippen molar-refractivity contribution in [3.63, 3.8) is 0 Å². The molecule has 1 fully saturated rings. The van der Waals surface area contributed by atoms with Gasteiger partial charge in [-0.25, -0.2) is 4.79 Å². The number of nitrogens with zero attached hydrogens (tertiary/aromatic N) is 2. The summed E-state index contributed by atoms with van der Waals surface area (Å²) in [4.78, 5) is 45.6. The maximum atomic E-state index is 13.6. The van der Waals surface area contributed by atoms with E-state index in [0.717, 1.165) is 46.5 Å². The van der Waals surface area contributed by atoms with Crippen LogP contribution in [-0.4, -0.2) is 53.7 Å². The van der Waals surface area contributed by atoms with E-state index in [1.165, 1.54) is 12.8 Å². The minimum absolute atomic E-state index is 0.158. The molecule has 2 N–H and O–H groups in total. The summed E-state index contributed by atoms with van der Waals surface area (Å²) in [5.41, 5.74) is 6.19. The molecule has 8 heteroatoms. The fourth-order valence-corrected chi connectivity index (χ4v) is 5.76. The van der Waals surface area contributed by atoms with Crippen molar-refractivity contribution in [3.05, 3.63) is 68.1 Å². The molecule has 2 heterocycles. The Hall–Kier alpha value is -3.55. The van der Waals surface area contributed by atoms with Gasteiger partial charge in [0.05, 0.1) is 0 Å². The smallest absolute Gasteiger partial charge is 0.410 e. The number of aromatic nitrogens is 1. The summed E-state index contributed by atoms with van der Waals surface area (Å²) in [6.07, 6.45) is 7.15. The normalized spacial score (nSPS) is 16.1. The number of amides is 2. The molecule has 1 aromatic heterocycles. The van der Waals surface area contributed by atoms with Crippen molar-refractivity contribution in [2.75, 3.05) is 25.0 Å². The van der Waals surface area contributed by atoms with E-state index in [2.05, 4.69) is 34.4 Å². The van der Waals surface area contributed by atoms with Crippen molar-refractivity contribution in [2.45, 2.75) is 91.8 Å². The molecule has 0 atom stereocenters. The Morgan fingerprint density at radius 2 is 1.82 bits per heavy atom. The van der Waals surface area contributed by atoms with Crippen LogP contribution in [0.5, 0.6) is 0 Å². The largest absolute Gasteiger partial charge is 0.444 e. The molecule has 1 aliphatic carbocycles. The number of aryl methyl sites for hydroxylation is 2. The molecule has 0 bridgehead atoms. The molecule has 0 radical (unpaired) electrons. The lowest BCUT2D eigenvalue weighted by Gasteiger charge is -2.31. The number of nitrogens with one attached hydrogen (secondary N) is 2. The maximum Gasteiger partial charge on any atom is 0.410 e. The van der Waals surface area contributed by atoms with E-state index in [4.69, 9.17) is 4.74 Å². The number of pyridine rings is 1. The number of rotatable bonds is 6. The maximum absolute atomic E-state index is 13.6. The highest BCUT2D eigenvalue weighted by Crippen LogP contribution is 2.35. The number of hydrogen-bond donors (Lipinski definition) is 2. The third-order valence-corrected chi connectivity index (χ3v) is 8.03. The fraction of sp³-hybridized carbons (Fsp3) is 0.531. The van der Waals surface area contributed by atoms with E-state index in [1.807, 2.05) is 53.7 Å². The minimum Gasteiger partial charge on any atom is -0.444 e. The first-order valence-electron chi connectivity index (χ1n) is 14.4. The summed E-state index contributed by atoms with van der Waals surface area (Å²) in [5.74, 6) is -0.202. The van der Waals surface area contributed by atoms with Gasteiger partial charge >= 0.3 is 6.09 Å². The number of aromatic amines is 1. The molecule has 8 nitrogen and oxygen atoms in total. The molecule has 0 spiro atoms. The van der Waals surface area contributed by atoms with Crippen LogP contribution in [0.3, 0.4) is 0 Å². The fourth-order valence-electron chi connectivity index (χ4n) is 5.76. The Morgan fingerprint density at radius 3 is 2.42 bits per heavy atom. The van der Waals surface area contributed by atoms with Gasteiger partial charge in [0.25, 0.3) is 11.5 Å². The van der Waals surface area contributed by atoms with Crippen LogP contribution in [0.15, 0.2) is 29.1 Å². The van der Waals surface area contributed by atoms with Crippen molar-refractivity contribution in [1.29, 1.82) is 0 Å². The van der Waals surface area contributed by atoms with Crippen molar-refractivity contribution >= 4 is 23.3 Å². The molecule has 216 valence electrons.